The molecule has 6 heteroatoms. The maximum Gasteiger partial charge on any atom is 0.274 e. The molecule has 4 nitrogen and oxygen atoms in total. The number of hydrogen-bond donors (Lipinski definition) is 1. The molecule has 0 aromatic heterocycles. The summed E-state index contributed by atoms with van der Waals surface area (Å²) in [6.07, 6.45) is -0.717. The molecule has 1 saturated heterocycles. The van der Waals surface area contributed by atoms with Crippen molar-refractivity contribution in [2.24, 2.45) is 0 Å². The molecular formula is C15H19BrFNO3. The Labute approximate surface area is 132 Å². The summed E-state index contributed by atoms with van der Waals surface area (Å²) in [5.41, 5.74) is 0.999. The number of nitrogens with zero attached hydrogens (tertiary/aromatic N) is 1. The van der Waals surface area contributed by atoms with E-state index in [9.17, 15) is 14.3 Å². The molecule has 0 bridgehead atoms. The van der Waals surface area contributed by atoms with E-state index in [0.29, 0.717) is 32.7 Å². The molecule has 1 amide bonds. The number of carbonyl (C=O) groups is 1. The Morgan fingerprint density at radius 1 is 1.38 bits per heavy atom. The first-order valence-electron chi connectivity index (χ1n) is 6.98. The number of hydrogen-bond acceptors (Lipinski definition) is 3. The van der Waals surface area contributed by atoms with Gasteiger partial charge >= 0.3 is 0 Å². The van der Waals surface area contributed by atoms with Gasteiger partial charge in [-0.1, -0.05) is 30.3 Å². The number of ether oxygens (including phenoxy) is 1. The zero-order valence-electron chi connectivity index (χ0n) is 11.7. The maximum absolute atomic E-state index is 14.6. The van der Waals surface area contributed by atoms with Gasteiger partial charge in [-0.2, -0.15) is 0 Å². The van der Waals surface area contributed by atoms with Crippen LogP contribution in [0.4, 0.5) is 4.39 Å². The van der Waals surface area contributed by atoms with Gasteiger partial charge in [0.1, 0.15) is 6.10 Å². The number of aliphatic hydroxyl groups is 1. The molecule has 116 valence electrons. The zero-order chi connectivity index (χ0) is 15.3. The molecule has 0 aliphatic carbocycles. The maximum atomic E-state index is 14.6. The van der Waals surface area contributed by atoms with Crippen LogP contribution in [-0.2, 0) is 16.0 Å². The first-order valence-corrected chi connectivity index (χ1v) is 7.78. The van der Waals surface area contributed by atoms with Crippen LogP contribution in [0.25, 0.3) is 0 Å². The van der Waals surface area contributed by atoms with Crippen molar-refractivity contribution in [1.29, 1.82) is 0 Å². The molecule has 1 fully saturated rings. The zero-order valence-corrected chi connectivity index (χ0v) is 13.3. The Bertz CT molecular complexity index is 463. The highest BCUT2D eigenvalue weighted by atomic mass is 79.9. The first kappa shape index (κ1) is 16.4. The summed E-state index contributed by atoms with van der Waals surface area (Å²) in [5, 5.41) is 10.0. The van der Waals surface area contributed by atoms with Gasteiger partial charge in [0.2, 0.25) is 0 Å². The second-order valence-electron chi connectivity index (χ2n) is 5.07. The van der Waals surface area contributed by atoms with E-state index >= 15 is 0 Å². The van der Waals surface area contributed by atoms with Crippen LogP contribution < -0.4 is 0 Å². The highest BCUT2D eigenvalue weighted by Gasteiger charge is 2.45. The Hall–Kier alpha value is -0.980. The minimum absolute atomic E-state index is 0.168. The van der Waals surface area contributed by atoms with E-state index in [2.05, 4.69) is 15.9 Å². The number of carbonyl (C=O) groups excluding carboxylic acids is 1. The lowest BCUT2D eigenvalue weighted by Gasteiger charge is -2.33. The van der Waals surface area contributed by atoms with Crippen molar-refractivity contribution in [3.63, 3.8) is 0 Å². The third kappa shape index (κ3) is 4.25. The van der Waals surface area contributed by atoms with Gasteiger partial charge < -0.3 is 14.7 Å². The van der Waals surface area contributed by atoms with Crippen LogP contribution >= 0.6 is 15.9 Å². The summed E-state index contributed by atoms with van der Waals surface area (Å²) in [7, 11) is 0. The van der Waals surface area contributed by atoms with Gasteiger partial charge in [-0.15, -0.1) is 0 Å². The second kappa shape index (κ2) is 7.33. The summed E-state index contributed by atoms with van der Waals surface area (Å²) in [5.74, 6) is -0.730. The first-order chi connectivity index (χ1) is 10.0. The molecular weight excluding hydrogens is 341 g/mol. The van der Waals surface area contributed by atoms with E-state index < -0.39 is 16.6 Å². The lowest BCUT2D eigenvalue weighted by atomic mass is 10.0. The Morgan fingerprint density at radius 2 is 2.00 bits per heavy atom. The molecule has 0 radical (unpaired) electrons. The quantitative estimate of drug-likeness (QED) is 0.816. The smallest absolute Gasteiger partial charge is 0.274 e. The van der Waals surface area contributed by atoms with E-state index in [1.54, 1.807) is 0 Å². The largest absolute Gasteiger partial charge is 0.388 e. The summed E-state index contributed by atoms with van der Waals surface area (Å²) >= 11 is 2.77. The normalized spacial score (nSPS) is 19.9. The lowest BCUT2D eigenvalue weighted by Crippen LogP contribution is -2.52. The molecule has 1 aromatic rings. The van der Waals surface area contributed by atoms with Crippen molar-refractivity contribution >= 4 is 21.8 Å². The molecule has 0 unspecified atom stereocenters. The molecule has 1 aliphatic heterocycles. The molecule has 1 aliphatic rings. The molecule has 1 N–H and O–H groups in total. The predicted molar refractivity (Wildman–Crippen MR) is 80.9 cm³/mol. The van der Waals surface area contributed by atoms with Crippen LogP contribution in [-0.4, -0.2) is 52.9 Å². The number of halogens is 2. The van der Waals surface area contributed by atoms with E-state index in [0.717, 1.165) is 5.56 Å². The van der Waals surface area contributed by atoms with E-state index in [4.69, 9.17) is 4.74 Å². The van der Waals surface area contributed by atoms with Crippen molar-refractivity contribution in [3.8, 4) is 0 Å². The number of alkyl halides is 2. The molecule has 1 heterocycles. The van der Waals surface area contributed by atoms with E-state index in [-0.39, 0.29) is 6.42 Å². The van der Waals surface area contributed by atoms with Crippen LogP contribution in [0.5, 0.6) is 0 Å². The summed E-state index contributed by atoms with van der Waals surface area (Å²) in [6.45, 7) is 1.49. The standard InChI is InChI=1S/C15H19BrFNO3/c16-15(17,14(20)18-8-10-21-11-9-18)13(19)7-6-12-4-2-1-3-5-12/h1-5,13,19H,6-11H2/t13-,15-/m0/s1. The predicted octanol–water partition coefficient (Wildman–Crippen LogP) is 1.90. The summed E-state index contributed by atoms with van der Waals surface area (Å²) in [4.78, 5) is 13.5. The SMILES string of the molecule is O=C(N1CCOCC1)[C@](F)(Br)[C@@H](O)CCc1ccccc1. The van der Waals surface area contributed by atoms with Crippen LogP contribution in [0.1, 0.15) is 12.0 Å². The summed E-state index contributed by atoms with van der Waals surface area (Å²) in [6, 6.07) is 9.48. The van der Waals surface area contributed by atoms with Crippen LogP contribution in [0.15, 0.2) is 30.3 Å². The number of amides is 1. The van der Waals surface area contributed by atoms with Crippen molar-refractivity contribution in [2.45, 2.75) is 23.5 Å². The van der Waals surface area contributed by atoms with Crippen molar-refractivity contribution in [1.82, 2.24) is 4.90 Å². The molecule has 21 heavy (non-hydrogen) atoms. The number of aryl methyl sites for hydroxylation is 1. The van der Waals surface area contributed by atoms with E-state index in [1.165, 1.54) is 4.90 Å². The van der Waals surface area contributed by atoms with Crippen molar-refractivity contribution in [3.05, 3.63) is 35.9 Å². The molecule has 0 saturated carbocycles. The number of benzene rings is 1. The fourth-order valence-corrected chi connectivity index (χ4v) is 2.73. The topological polar surface area (TPSA) is 49.8 Å². The van der Waals surface area contributed by atoms with Gasteiger partial charge in [-0.25, -0.2) is 4.39 Å². The average Bonchev–Trinajstić information content (AvgIpc) is 2.53. The second-order valence-corrected chi connectivity index (χ2v) is 6.22. The highest BCUT2D eigenvalue weighted by Crippen LogP contribution is 2.30. The molecule has 2 rings (SSSR count). The monoisotopic (exact) mass is 359 g/mol. The van der Waals surface area contributed by atoms with Gasteiger partial charge in [0, 0.05) is 13.1 Å². The fourth-order valence-electron chi connectivity index (χ4n) is 2.25. The van der Waals surface area contributed by atoms with Gasteiger partial charge in [-0.05, 0) is 34.3 Å². The van der Waals surface area contributed by atoms with E-state index in [1.807, 2.05) is 30.3 Å². The van der Waals surface area contributed by atoms with Crippen LogP contribution in [0, 0.1) is 0 Å². The molecule has 2 atom stereocenters. The summed E-state index contributed by atoms with van der Waals surface area (Å²) < 4.78 is 17.3. The average molecular weight is 360 g/mol. The van der Waals surface area contributed by atoms with Crippen LogP contribution in [0.3, 0.4) is 0 Å². The van der Waals surface area contributed by atoms with Gasteiger partial charge in [0.25, 0.3) is 10.5 Å². The number of rotatable bonds is 5. The number of aliphatic hydroxyl groups excluding tert-OH is 1. The minimum Gasteiger partial charge on any atom is -0.388 e. The van der Waals surface area contributed by atoms with Crippen molar-refractivity contribution < 1.29 is 19.0 Å². The number of morpholine rings is 1. The Kier molecular flexibility index (Phi) is 5.72. The minimum atomic E-state index is -2.45. The highest BCUT2D eigenvalue weighted by molar-refractivity contribution is 9.10. The fraction of sp³-hybridized carbons (Fsp3) is 0.533. The van der Waals surface area contributed by atoms with Crippen LogP contribution in [0.2, 0.25) is 0 Å². The van der Waals surface area contributed by atoms with Crippen molar-refractivity contribution in [2.75, 3.05) is 26.3 Å². The Balaban J connectivity index is 1.92. The third-order valence-electron chi connectivity index (χ3n) is 3.55. The Morgan fingerprint density at radius 3 is 2.62 bits per heavy atom. The van der Waals surface area contributed by atoms with Gasteiger partial charge in [0.15, 0.2) is 0 Å². The molecule has 1 aromatic carbocycles. The molecule has 0 spiro atoms. The lowest BCUT2D eigenvalue weighted by molar-refractivity contribution is -0.147. The third-order valence-corrected chi connectivity index (χ3v) is 4.42. The van der Waals surface area contributed by atoms with Gasteiger partial charge in [-0.3, -0.25) is 4.79 Å². The van der Waals surface area contributed by atoms with Gasteiger partial charge in [0.05, 0.1) is 13.2 Å².